The third kappa shape index (κ3) is 7.26. The van der Waals surface area contributed by atoms with Gasteiger partial charge in [0.25, 0.3) is 5.91 Å². The van der Waals surface area contributed by atoms with Crippen LogP contribution in [0.25, 0.3) is 10.9 Å². The highest BCUT2D eigenvalue weighted by Crippen LogP contribution is 2.37. The number of aromatic nitrogens is 1. The molecular weight excluding hydrogens is 723 g/mol. The molecule has 0 spiro atoms. The number of nitrogen functional groups attached to an aromatic ring is 1. The van der Waals surface area contributed by atoms with Gasteiger partial charge in [0.1, 0.15) is 34.6 Å². The van der Waals surface area contributed by atoms with Crippen LogP contribution < -0.4 is 10.5 Å². The number of amidine groups is 1. The van der Waals surface area contributed by atoms with Gasteiger partial charge in [0.2, 0.25) is 15.9 Å². The normalized spacial score (nSPS) is 16.7. The number of fused-ring (bicyclic) bond motifs is 1. The van der Waals surface area contributed by atoms with E-state index in [4.69, 9.17) is 39.1 Å². The first-order valence-corrected chi connectivity index (χ1v) is 18.1. The number of pyridine rings is 1. The van der Waals surface area contributed by atoms with Gasteiger partial charge in [-0.1, -0.05) is 47.5 Å². The highest BCUT2D eigenvalue weighted by molar-refractivity contribution is 7.89. The number of hydrogen-bond donors (Lipinski definition) is 2. The molecule has 50 heavy (non-hydrogen) atoms. The summed E-state index contributed by atoms with van der Waals surface area (Å²) in [6, 6.07) is 16.0. The average molecular weight is 760 g/mol. The van der Waals surface area contributed by atoms with Crippen LogP contribution in [0.2, 0.25) is 10.0 Å². The molecule has 2 aliphatic rings. The minimum Gasteiger partial charge on any atom is -0.487 e. The molecule has 2 saturated heterocycles. The number of halogens is 3. The van der Waals surface area contributed by atoms with Crippen molar-refractivity contribution in [2.45, 2.75) is 44.2 Å². The van der Waals surface area contributed by atoms with Crippen LogP contribution in [-0.4, -0.2) is 83.9 Å². The number of aryl methyl sites for hydroxylation is 2. The number of carbonyl (C=O) groups excluding carboxylic acids is 2. The van der Waals surface area contributed by atoms with Crippen LogP contribution in [-0.2, 0) is 21.4 Å². The maximum absolute atomic E-state index is 14.1. The van der Waals surface area contributed by atoms with E-state index in [2.05, 4.69) is 4.98 Å². The standard InChI is InChI=1S/C35H36Cl2N6O5S.ClH/c1-21-19-22(2)40-32-25(21)5-3-7-29(32)48-20-26-27(36)12-13-30(31(26)37)49(46,47)43-14-4-6-28(43)35(45)42-17-15-41(16-18-42)34(44)24-10-8-23(9-11-24)33(38)39;/h3,5,7-13,19,28H,4,6,14-18,20H2,1-2H3,(H3,38,39);1H/t28-;/m0./s1. The second-order valence-corrected chi connectivity index (χ2v) is 14.9. The van der Waals surface area contributed by atoms with Crippen molar-refractivity contribution in [3.8, 4) is 5.75 Å². The molecule has 0 aliphatic carbocycles. The molecule has 3 N–H and O–H groups in total. The van der Waals surface area contributed by atoms with Crippen LogP contribution in [0.5, 0.6) is 5.75 Å². The van der Waals surface area contributed by atoms with Gasteiger partial charge in [0.05, 0.1) is 5.02 Å². The lowest BCUT2D eigenvalue weighted by Gasteiger charge is -2.37. The summed E-state index contributed by atoms with van der Waals surface area (Å²) in [5.41, 5.74) is 9.39. The van der Waals surface area contributed by atoms with Crippen LogP contribution in [0, 0.1) is 19.3 Å². The first-order valence-electron chi connectivity index (χ1n) is 15.9. The first-order chi connectivity index (χ1) is 23.4. The molecule has 2 amide bonds. The van der Waals surface area contributed by atoms with Gasteiger partial charge in [-0.05, 0) is 68.7 Å². The van der Waals surface area contributed by atoms with Crippen LogP contribution >= 0.6 is 35.6 Å². The Balaban J connectivity index is 0.00000486. The number of piperazine rings is 1. The third-order valence-corrected chi connectivity index (χ3v) is 11.9. The van der Waals surface area contributed by atoms with Crippen molar-refractivity contribution in [3.63, 3.8) is 0 Å². The number of nitrogens with zero attached hydrogens (tertiary/aromatic N) is 4. The predicted molar refractivity (Wildman–Crippen MR) is 196 cm³/mol. The Kier molecular flexibility index (Phi) is 11.3. The van der Waals surface area contributed by atoms with E-state index in [0.717, 1.165) is 16.6 Å². The molecule has 15 heteroatoms. The second-order valence-electron chi connectivity index (χ2n) is 12.2. The maximum atomic E-state index is 14.1. The van der Waals surface area contributed by atoms with E-state index >= 15 is 0 Å². The van der Waals surface area contributed by atoms with E-state index in [1.807, 2.05) is 32.0 Å². The number of ether oxygens (including phenoxy) is 1. The number of rotatable bonds is 8. The van der Waals surface area contributed by atoms with Crippen molar-refractivity contribution >= 4 is 74.2 Å². The molecule has 0 bridgehead atoms. The minimum atomic E-state index is -4.20. The number of benzene rings is 3. The van der Waals surface area contributed by atoms with E-state index in [1.165, 1.54) is 16.4 Å². The zero-order valence-corrected chi connectivity index (χ0v) is 30.6. The number of nitrogens with two attached hydrogens (primary N) is 1. The molecule has 2 fully saturated rings. The highest BCUT2D eigenvalue weighted by Gasteiger charge is 2.43. The van der Waals surface area contributed by atoms with E-state index in [1.54, 1.807) is 40.1 Å². The number of sulfonamides is 1. The predicted octanol–water partition coefficient (Wildman–Crippen LogP) is 5.58. The molecule has 0 radical (unpaired) electrons. The topological polar surface area (TPSA) is 150 Å². The Hall–Kier alpha value is -3.94. The number of carbonyl (C=O) groups is 2. The summed E-state index contributed by atoms with van der Waals surface area (Å²) in [5, 5.41) is 8.67. The van der Waals surface area contributed by atoms with Crippen LogP contribution in [0.3, 0.4) is 0 Å². The molecule has 1 aromatic heterocycles. The highest BCUT2D eigenvalue weighted by atomic mass is 35.5. The van der Waals surface area contributed by atoms with Gasteiger partial charge in [0, 0.05) is 65.5 Å². The van der Waals surface area contributed by atoms with Gasteiger partial charge in [-0.2, -0.15) is 4.31 Å². The lowest BCUT2D eigenvalue weighted by atomic mass is 10.1. The summed E-state index contributed by atoms with van der Waals surface area (Å²) in [5.74, 6) is -0.0581. The summed E-state index contributed by atoms with van der Waals surface area (Å²) in [6.45, 7) is 5.12. The third-order valence-electron chi connectivity index (χ3n) is 9.06. The van der Waals surface area contributed by atoms with Crippen LogP contribution in [0.1, 0.15) is 45.6 Å². The fourth-order valence-electron chi connectivity index (χ4n) is 6.45. The Labute approximate surface area is 307 Å². The smallest absolute Gasteiger partial charge is 0.253 e. The fraction of sp³-hybridized carbons (Fsp3) is 0.314. The van der Waals surface area contributed by atoms with Crippen molar-refractivity contribution in [1.29, 1.82) is 5.41 Å². The van der Waals surface area contributed by atoms with Crippen molar-refractivity contribution in [3.05, 3.63) is 98.7 Å². The van der Waals surface area contributed by atoms with Crippen molar-refractivity contribution in [2.24, 2.45) is 5.73 Å². The van der Waals surface area contributed by atoms with Crippen molar-refractivity contribution in [2.75, 3.05) is 32.7 Å². The summed E-state index contributed by atoms with van der Waals surface area (Å²) in [4.78, 5) is 34.6. The fourth-order valence-corrected chi connectivity index (χ4v) is 8.96. The lowest BCUT2D eigenvalue weighted by molar-refractivity contribution is -0.136. The molecule has 3 aromatic carbocycles. The lowest BCUT2D eigenvalue weighted by Crippen LogP contribution is -2.55. The monoisotopic (exact) mass is 758 g/mol. The quantitative estimate of drug-likeness (QED) is 0.176. The van der Waals surface area contributed by atoms with Crippen molar-refractivity contribution in [1.82, 2.24) is 19.1 Å². The zero-order valence-electron chi connectivity index (χ0n) is 27.5. The molecule has 6 rings (SSSR count). The van der Waals surface area contributed by atoms with Gasteiger partial charge < -0.3 is 20.3 Å². The Bertz CT molecular complexity index is 2070. The number of hydrogen-bond acceptors (Lipinski definition) is 7. The molecule has 2 aliphatic heterocycles. The van der Waals surface area contributed by atoms with Gasteiger partial charge >= 0.3 is 0 Å². The largest absolute Gasteiger partial charge is 0.487 e. The summed E-state index contributed by atoms with van der Waals surface area (Å²) in [7, 11) is -4.20. The Morgan fingerprint density at radius 2 is 1.62 bits per heavy atom. The maximum Gasteiger partial charge on any atom is 0.253 e. The zero-order chi connectivity index (χ0) is 35.0. The van der Waals surface area contributed by atoms with E-state index in [9.17, 15) is 18.0 Å². The van der Waals surface area contributed by atoms with Gasteiger partial charge in [-0.25, -0.2) is 13.4 Å². The molecule has 0 saturated carbocycles. The number of amides is 2. The van der Waals surface area contributed by atoms with Crippen LogP contribution in [0.4, 0.5) is 0 Å². The van der Waals surface area contributed by atoms with Crippen molar-refractivity contribution < 1.29 is 22.7 Å². The summed E-state index contributed by atoms with van der Waals surface area (Å²) in [6.07, 6.45) is 0.881. The SMILES string of the molecule is Cc1cc(C)c2cccc(OCc3c(Cl)ccc(S(=O)(=O)N4CCC[C@H]4C(=O)N4CCN(C(=O)c5ccc(C(=N)N)cc5)CC4)c3Cl)c2n1.Cl. The number of nitrogens with one attached hydrogen (secondary N) is 1. The first kappa shape index (κ1) is 37.3. The Morgan fingerprint density at radius 1 is 0.960 bits per heavy atom. The van der Waals surface area contributed by atoms with Crippen LogP contribution in [0.15, 0.2) is 65.6 Å². The van der Waals surface area contributed by atoms with Gasteiger partial charge in [0.15, 0.2) is 0 Å². The molecule has 1 atom stereocenters. The molecule has 11 nitrogen and oxygen atoms in total. The summed E-state index contributed by atoms with van der Waals surface area (Å²) >= 11 is 13.3. The molecule has 3 heterocycles. The second kappa shape index (κ2) is 15.1. The molecule has 4 aromatic rings. The molecular formula is C35H37Cl3N6O5S. The van der Waals surface area contributed by atoms with E-state index < -0.39 is 16.1 Å². The summed E-state index contributed by atoms with van der Waals surface area (Å²) < 4.78 is 35.6. The Morgan fingerprint density at radius 3 is 2.30 bits per heavy atom. The van der Waals surface area contributed by atoms with E-state index in [0.29, 0.717) is 53.9 Å². The molecule has 0 unspecified atom stereocenters. The average Bonchev–Trinajstić information content (AvgIpc) is 3.59. The van der Waals surface area contributed by atoms with Gasteiger partial charge in [-0.3, -0.25) is 15.0 Å². The minimum absolute atomic E-state index is 0. The molecule has 264 valence electrons. The number of para-hydroxylation sites is 1. The van der Waals surface area contributed by atoms with Gasteiger partial charge in [-0.15, -0.1) is 12.4 Å². The van der Waals surface area contributed by atoms with E-state index in [-0.39, 0.29) is 71.2 Å².